The van der Waals surface area contributed by atoms with Gasteiger partial charge in [0.2, 0.25) is 5.91 Å². The summed E-state index contributed by atoms with van der Waals surface area (Å²) >= 11 is 0. The number of aryl methyl sites for hydroxylation is 2. The summed E-state index contributed by atoms with van der Waals surface area (Å²) in [5, 5.41) is 16.0. The van der Waals surface area contributed by atoms with Gasteiger partial charge in [0.1, 0.15) is 11.9 Å². The highest BCUT2D eigenvalue weighted by atomic mass is 19.4. The van der Waals surface area contributed by atoms with Gasteiger partial charge in [0.05, 0.1) is 45.6 Å². The molecule has 2 N–H and O–H groups in total. The monoisotopic (exact) mass is 680 g/mol. The Morgan fingerprint density at radius 3 is 2.74 bits per heavy atom. The molecule has 0 radical (unpaired) electrons. The van der Waals surface area contributed by atoms with Crippen molar-refractivity contribution in [3.63, 3.8) is 0 Å². The lowest BCUT2D eigenvalue weighted by Crippen LogP contribution is -2.35. The number of imidazole rings is 1. The summed E-state index contributed by atoms with van der Waals surface area (Å²) in [5.74, 6) is -0.734. The largest absolute Gasteiger partial charge is 0.417 e. The number of aromatic nitrogens is 2. The summed E-state index contributed by atoms with van der Waals surface area (Å²) in [7, 11) is 1.73. The quantitative estimate of drug-likeness (QED) is 0.192. The third-order valence-corrected chi connectivity index (χ3v) is 9.88. The number of rotatable bonds is 9. The van der Waals surface area contributed by atoms with Crippen LogP contribution in [0.4, 0.5) is 18.9 Å². The molecule has 1 aromatic heterocycles. The van der Waals surface area contributed by atoms with Gasteiger partial charge >= 0.3 is 6.18 Å². The van der Waals surface area contributed by atoms with Crippen molar-refractivity contribution in [1.29, 1.82) is 5.26 Å². The number of ether oxygens (including phenoxy) is 1. The van der Waals surface area contributed by atoms with Gasteiger partial charge in [0.15, 0.2) is 5.78 Å². The van der Waals surface area contributed by atoms with E-state index in [1.165, 1.54) is 42.6 Å². The number of nitrogens with one attached hydrogen (secondary N) is 2. The van der Waals surface area contributed by atoms with E-state index in [-0.39, 0.29) is 33.5 Å². The molecule has 1 fully saturated rings. The minimum atomic E-state index is -4.63. The zero-order valence-corrected chi connectivity index (χ0v) is 27.4. The number of amides is 1. The number of ketones is 1. The molecule has 3 aromatic rings. The molecular weight excluding hydrogens is 645 g/mol. The van der Waals surface area contributed by atoms with Crippen LogP contribution in [0.1, 0.15) is 65.0 Å². The number of carbonyl (C=O) groups excluding carboxylic acids is 2. The van der Waals surface area contributed by atoms with Gasteiger partial charge in [-0.15, -0.1) is 0 Å². The summed E-state index contributed by atoms with van der Waals surface area (Å²) in [4.78, 5) is 35.4. The van der Waals surface area contributed by atoms with Crippen LogP contribution in [0.3, 0.4) is 0 Å². The first-order valence-electron chi connectivity index (χ1n) is 16.7. The molecule has 1 unspecified atom stereocenters. The van der Waals surface area contributed by atoms with Crippen molar-refractivity contribution in [2.45, 2.75) is 63.4 Å². The molecule has 9 nitrogen and oxygen atoms in total. The minimum absolute atomic E-state index is 0.0390. The molecule has 0 saturated heterocycles. The van der Waals surface area contributed by atoms with E-state index < -0.39 is 29.3 Å². The van der Waals surface area contributed by atoms with E-state index in [4.69, 9.17) is 4.74 Å². The Balaban J connectivity index is 1.04. The van der Waals surface area contributed by atoms with Gasteiger partial charge in [-0.05, 0) is 68.0 Å². The van der Waals surface area contributed by atoms with Gasteiger partial charge in [0.25, 0.3) is 0 Å². The molecule has 0 spiro atoms. The molecule has 256 valence electrons. The number of benzene rings is 2. The number of allylic oxidation sites excluding steroid dienone is 5. The number of nitrogens with zero attached hydrogens (tertiary/aromatic N) is 4. The maximum absolute atomic E-state index is 14.5. The van der Waals surface area contributed by atoms with Gasteiger partial charge in [-0.2, -0.15) is 18.4 Å². The van der Waals surface area contributed by atoms with Crippen LogP contribution in [0.25, 0.3) is 16.6 Å². The molecule has 1 amide bonds. The number of hydrogen-bond donors (Lipinski definition) is 2. The van der Waals surface area contributed by atoms with E-state index in [9.17, 15) is 28.0 Å². The smallest absolute Gasteiger partial charge is 0.381 e. The molecule has 1 saturated carbocycles. The lowest BCUT2D eigenvalue weighted by atomic mass is 9.81. The fourth-order valence-electron chi connectivity index (χ4n) is 7.30. The average molecular weight is 681 g/mol. The van der Waals surface area contributed by atoms with Crippen LogP contribution in [-0.4, -0.2) is 52.8 Å². The number of fused-ring (bicyclic) bond motifs is 4. The number of Topliss-reactive ketones (excluding diaryl/α,β-unsaturated/α-hetero) is 1. The van der Waals surface area contributed by atoms with Crippen LogP contribution in [-0.2, 0) is 28.7 Å². The Hall–Kier alpha value is -5.12. The van der Waals surface area contributed by atoms with Crippen molar-refractivity contribution >= 4 is 39.7 Å². The second kappa shape index (κ2) is 13.7. The van der Waals surface area contributed by atoms with Gasteiger partial charge in [-0.1, -0.05) is 24.3 Å². The summed E-state index contributed by atoms with van der Waals surface area (Å²) < 4.78 is 50.7. The van der Waals surface area contributed by atoms with Crippen LogP contribution >= 0.6 is 0 Å². The number of hydrogen-bond acceptors (Lipinski definition) is 7. The van der Waals surface area contributed by atoms with Crippen LogP contribution in [0.2, 0.25) is 0 Å². The summed E-state index contributed by atoms with van der Waals surface area (Å²) in [6.07, 6.45) is 10.7. The number of aliphatic imine (C=N–C) groups is 1. The number of methoxy groups -OCH3 is 1. The maximum atomic E-state index is 14.5. The molecule has 0 bridgehead atoms. The van der Waals surface area contributed by atoms with Gasteiger partial charge in [-0.25, -0.2) is 4.98 Å². The predicted octanol–water partition coefficient (Wildman–Crippen LogP) is 6.71. The highest BCUT2D eigenvalue weighted by molar-refractivity contribution is 6.32. The van der Waals surface area contributed by atoms with Gasteiger partial charge < -0.3 is 19.9 Å². The maximum Gasteiger partial charge on any atom is 0.417 e. The predicted molar refractivity (Wildman–Crippen MR) is 183 cm³/mol. The minimum Gasteiger partial charge on any atom is -0.381 e. The highest BCUT2D eigenvalue weighted by Gasteiger charge is 2.39. The van der Waals surface area contributed by atoms with Crippen molar-refractivity contribution < 1.29 is 27.5 Å². The Morgan fingerprint density at radius 2 is 1.98 bits per heavy atom. The zero-order valence-electron chi connectivity index (χ0n) is 27.4. The normalized spacial score (nSPS) is 21.4. The molecule has 2 aliphatic heterocycles. The van der Waals surface area contributed by atoms with Crippen LogP contribution in [0.15, 0.2) is 77.5 Å². The Labute approximate surface area is 286 Å². The topological polar surface area (TPSA) is 121 Å². The van der Waals surface area contributed by atoms with Gasteiger partial charge in [-0.3, -0.25) is 14.6 Å². The first kappa shape index (κ1) is 33.4. The standard InChI is InChI=1S/C38H35F3N6O3/c1-50-25-12-10-24(11-13-25)43-15-3-8-35(48)46-31-14-9-22(17-23(31)20-42)37(49)29-21-44-36-26(5-2-6-27(29)36)28-18-32-33(19-30(28)38(39,40)41)47-16-4-7-34(47)45-32/h2-3,5-6,8-9,14,17-19,21,24-25,27,43H,4,7,10-13,15-16H2,1H3,(H,46,48)/b8-3+. The summed E-state index contributed by atoms with van der Waals surface area (Å²) in [6, 6.07) is 9.46. The van der Waals surface area contributed by atoms with Crippen molar-refractivity contribution in [2.75, 3.05) is 19.0 Å². The van der Waals surface area contributed by atoms with E-state index >= 15 is 0 Å². The first-order chi connectivity index (χ1) is 24.1. The lowest BCUT2D eigenvalue weighted by molar-refractivity contribution is -0.137. The highest BCUT2D eigenvalue weighted by Crippen LogP contribution is 2.42. The number of anilines is 1. The van der Waals surface area contributed by atoms with E-state index in [2.05, 4.69) is 20.6 Å². The van der Waals surface area contributed by atoms with Crippen molar-refractivity contribution in [3.05, 3.63) is 101 Å². The zero-order chi connectivity index (χ0) is 35.0. The second-order valence-corrected chi connectivity index (χ2v) is 12.9. The van der Waals surface area contributed by atoms with Crippen molar-refractivity contribution in [3.8, 4) is 6.07 Å². The number of halogens is 3. The van der Waals surface area contributed by atoms with Crippen LogP contribution in [0, 0.1) is 17.2 Å². The molecule has 12 heteroatoms. The molecule has 2 aromatic carbocycles. The van der Waals surface area contributed by atoms with Crippen LogP contribution < -0.4 is 10.6 Å². The van der Waals surface area contributed by atoms with E-state index in [0.717, 1.165) is 37.9 Å². The third kappa shape index (κ3) is 6.46. The van der Waals surface area contributed by atoms with E-state index in [1.807, 2.05) is 10.6 Å². The average Bonchev–Trinajstić information content (AvgIpc) is 3.84. The van der Waals surface area contributed by atoms with Crippen molar-refractivity contribution in [2.24, 2.45) is 10.9 Å². The molecule has 1 atom stereocenters. The Bertz CT molecular complexity index is 2070. The second-order valence-electron chi connectivity index (χ2n) is 12.9. The Morgan fingerprint density at radius 1 is 1.16 bits per heavy atom. The molecule has 3 heterocycles. The lowest BCUT2D eigenvalue weighted by Gasteiger charge is -2.27. The van der Waals surface area contributed by atoms with Gasteiger partial charge in [0, 0.05) is 61.6 Å². The fraction of sp³-hybridized carbons (Fsp3) is 0.342. The first-order valence-corrected chi connectivity index (χ1v) is 16.7. The van der Waals surface area contributed by atoms with E-state index in [0.29, 0.717) is 48.4 Å². The summed E-state index contributed by atoms with van der Waals surface area (Å²) in [6.45, 7) is 1.15. The molecule has 4 aliphatic rings. The third-order valence-electron chi connectivity index (χ3n) is 9.88. The number of carbonyl (C=O) groups is 2. The van der Waals surface area contributed by atoms with E-state index in [1.54, 1.807) is 31.4 Å². The molecule has 2 aliphatic carbocycles. The number of alkyl halides is 3. The SMILES string of the molecule is COC1CCC(NC/C=C/C(=O)Nc2ccc(C(=O)C3=CN=C4C(c5cc6nc7n(c6cc5C(F)(F)F)CCC7)=CC=CC34)cc2C#N)CC1. The number of nitriles is 1. The van der Waals surface area contributed by atoms with Crippen LogP contribution in [0.5, 0.6) is 0 Å². The molecular formula is C38H35F3N6O3. The summed E-state index contributed by atoms with van der Waals surface area (Å²) in [5.41, 5.74) is 1.54. The molecule has 7 rings (SSSR count). The molecule has 50 heavy (non-hydrogen) atoms. The fourth-order valence-corrected chi connectivity index (χ4v) is 7.30. The Kier molecular flexibility index (Phi) is 9.11. The van der Waals surface area contributed by atoms with Crippen molar-refractivity contribution in [1.82, 2.24) is 14.9 Å².